The van der Waals surface area contributed by atoms with E-state index >= 15 is 0 Å². The van der Waals surface area contributed by atoms with Gasteiger partial charge in [0.15, 0.2) is 0 Å². The summed E-state index contributed by atoms with van der Waals surface area (Å²) in [5.41, 5.74) is 1.29. The molecule has 1 aliphatic rings. The van der Waals surface area contributed by atoms with Crippen LogP contribution in [0.4, 0.5) is 5.82 Å². The van der Waals surface area contributed by atoms with Crippen LogP contribution in [0, 0.1) is 11.3 Å². The van der Waals surface area contributed by atoms with Crippen molar-refractivity contribution in [2.24, 2.45) is 0 Å². The zero-order valence-electron chi connectivity index (χ0n) is 12.1. The predicted molar refractivity (Wildman–Crippen MR) is 83.5 cm³/mol. The Balaban J connectivity index is 1.62. The molecule has 5 heteroatoms. The first kappa shape index (κ1) is 14.1. The van der Waals surface area contributed by atoms with Crippen LogP contribution in [-0.4, -0.2) is 42.0 Å². The number of amides is 1. The van der Waals surface area contributed by atoms with Crippen LogP contribution >= 0.6 is 0 Å². The van der Waals surface area contributed by atoms with E-state index in [1.54, 1.807) is 12.3 Å². The van der Waals surface area contributed by atoms with Gasteiger partial charge in [-0.25, -0.2) is 4.98 Å². The van der Waals surface area contributed by atoms with Crippen molar-refractivity contribution < 1.29 is 4.79 Å². The van der Waals surface area contributed by atoms with Gasteiger partial charge in [0.1, 0.15) is 11.9 Å². The highest BCUT2D eigenvalue weighted by molar-refractivity contribution is 5.94. The van der Waals surface area contributed by atoms with Crippen molar-refractivity contribution in [3.63, 3.8) is 0 Å². The number of rotatable bonds is 2. The molecular formula is C17H16N4O. The maximum atomic E-state index is 12.4. The minimum Gasteiger partial charge on any atom is -0.353 e. The molecule has 0 N–H and O–H groups in total. The van der Waals surface area contributed by atoms with Gasteiger partial charge in [-0.15, -0.1) is 0 Å². The molecule has 22 heavy (non-hydrogen) atoms. The lowest BCUT2D eigenvalue weighted by molar-refractivity contribution is 0.0746. The van der Waals surface area contributed by atoms with Crippen molar-refractivity contribution in [2.75, 3.05) is 31.1 Å². The highest BCUT2D eigenvalue weighted by Gasteiger charge is 2.22. The number of carbonyl (C=O) groups excluding carboxylic acids is 1. The van der Waals surface area contributed by atoms with Gasteiger partial charge in [-0.3, -0.25) is 4.79 Å². The lowest BCUT2D eigenvalue weighted by Crippen LogP contribution is -2.49. The fourth-order valence-corrected chi connectivity index (χ4v) is 2.54. The Morgan fingerprint density at radius 2 is 1.77 bits per heavy atom. The smallest absolute Gasteiger partial charge is 0.253 e. The van der Waals surface area contributed by atoms with Crippen molar-refractivity contribution in [3.05, 3.63) is 59.8 Å². The van der Waals surface area contributed by atoms with Crippen LogP contribution < -0.4 is 4.90 Å². The Hall–Kier alpha value is -2.87. The average Bonchev–Trinajstić information content (AvgIpc) is 2.62. The third-order valence-electron chi connectivity index (χ3n) is 3.79. The summed E-state index contributed by atoms with van der Waals surface area (Å²) in [7, 11) is 0. The Bertz CT molecular complexity index is 683. The summed E-state index contributed by atoms with van der Waals surface area (Å²) in [6, 6.07) is 15.0. The third-order valence-corrected chi connectivity index (χ3v) is 3.79. The first-order valence-electron chi connectivity index (χ1n) is 7.23. The number of carbonyl (C=O) groups is 1. The molecule has 2 aromatic rings. The molecule has 0 atom stereocenters. The van der Waals surface area contributed by atoms with Gasteiger partial charge in [0.05, 0.1) is 5.56 Å². The van der Waals surface area contributed by atoms with Crippen molar-refractivity contribution in [1.29, 1.82) is 5.26 Å². The van der Waals surface area contributed by atoms with Crippen LogP contribution in [0.2, 0.25) is 0 Å². The molecule has 1 aromatic heterocycles. The molecular weight excluding hydrogens is 276 g/mol. The second-order valence-corrected chi connectivity index (χ2v) is 5.16. The normalized spacial score (nSPS) is 14.5. The van der Waals surface area contributed by atoms with E-state index in [0.717, 1.165) is 24.5 Å². The number of benzene rings is 1. The minimum absolute atomic E-state index is 0.0769. The molecule has 0 unspecified atom stereocenters. The SMILES string of the molecule is N#Cc1ccc(N2CCN(C(=O)c3ccccc3)CC2)nc1. The maximum Gasteiger partial charge on any atom is 0.253 e. The van der Waals surface area contributed by atoms with Crippen LogP contribution in [0.5, 0.6) is 0 Å². The number of nitrogens with zero attached hydrogens (tertiary/aromatic N) is 4. The van der Waals surface area contributed by atoms with Crippen LogP contribution in [0.15, 0.2) is 48.7 Å². The fraction of sp³-hybridized carbons (Fsp3) is 0.235. The number of aromatic nitrogens is 1. The van der Waals surface area contributed by atoms with Crippen molar-refractivity contribution in [1.82, 2.24) is 9.88 Å². The van der Waals surface area contributed by atoms with Crippen LogP contribution in [0.1, 0.15) is 15.9 Å². The Morgan fingerprint density at radius 3 is 2.36 bits per heavy atom. The van der Waals surface area contributed by atoms with Gasteiger partial charge in [-0.2, -0.15) is 5.26 Å². The topological polar surface area (TPSA) is 60.2 Å². The first-order chi connectivity index (χ1) is 10.8. The van der Waals surface area contributed by atoms with E-state index in [-0.39, 0.29) is 5.91 Å². The van der Waals surface area contributed by atoms with Gasteiger partial charge in [0.2, 0.25) is 0 Å². The molecule has 5 nitrogen and oxygen atoms in total. The van der Waals surface area contributed by atoms with E-state index in [4.69, 9.17) is 5.26 Å². The summed E-state index contributed by atoms with van der Waals surface area (Å²) in [5.74, 6) is 0.929. The van der Waals surface area contributed by atoms with Crippen molar-refractivity contribution in [3.8, 4) is 6.07 Å². The van der Waals surface area contributed by atoms with Gasteiger partial charge < -0.3 is 9.80 Å². The number of hydrogen-bond donors (Lipinski definition) is 0. The molecule has 110 valence electrons. The molecule has 0 bridgehead atoms. The number of piperazine rings is 1. The van der Waals surface area contributed by atoms with E-state index < -0.39 is 0 Å². The van der Waals surface area contributed by atoms with E-state index in [9.17, 15) is 4.79 Å². The highest BCUT2D eigenvalue weighted by Crippen LogP contribution is 2.15. The third kappa shape index (κ3) is 2.91. The number of nitriles is 1. The molecule has 1 saturated heterocycles. The molecule has 1 aromatic carbocycles. The van der Waals surface area contributed by atoms with Crippen LogP contribution in [0.25, 0.3) is 0 Å². The lowest BCUT2D eigenvalue weighted by Gasteiger charge is -2.35. The molecule has 1 amide bonds. The number of pyridine rings is 1. The Kier molecular flexibility index (Phi) is 4.01. The summed E-state index contributed by atoms with van der Waals surface area (Å²) in [6.45, 7) is 2.85. The van der Waals surface area contributed by atoms with Gasteiger partial charge >= 0.3 is 0 Å². The molecule has 1 fully saturated rings. The Morgan fingerprint density at radius 1 is 1.05 bits per heavy atom. The van der Waals surface area contributed by atoms with E-state index in [1.807, 2.05) is 41.3 Å². The quantitative estimate of drug-likeness (QED) is 0.848. The standard InChI is InChI=1S/C17H16N4O/c18-12-14-6-7-16(19-13-14)20-8-10-21(11-9-20)17(22)15-4-2-1-3-5-15/h1-7,13H,8-11H2. The van der Waals surface area contributed by atoms with E-state index in [0.29, 0.717) is 18.7 Å². The second-order valence-electron chi connectivity index (χ2n) is 5.16. The fourth-order valence-electron chi connectivity index (χ4n) is 2.54. The zero-order valence-corrected chi connectivity index (χ0v) is 12.1. The first-order valence-corrected chi connectivity index (χ1v) is 7.23. The lowest BCUT2D eigenvalue weighted by atomic mass is 10.2. The largest absolute Gasteiger partial charge is 0.353 e. The predicted octanol–water partition coefficient (Wildman–Crippen LogP) is 1.92. The van der Waals surface area contributed by atoms with Gasteiger partial charge in [0, 0.05) is 37.9 Å². The molecule has 2 heterocycles. The van der Waals surface area contributed by atoms with Crippen molar-refractivity contribution >= 4 is 11.7 Å². The van der Waals surface area contributed by atoms with Crippen molar-refractivity contribution in [2.45, 2.75) is 0 Å². The number of anilines is 1. The Labute approximate surface area is 129 Å². The van der Waals surface area contributed by atoms with Gasteiger partial charge in [-0.05, 0) is 24.3 Å². The summed E-state index contributed by atoms with van der Waals surface area (Å²) < 4.78 is 0. The molecule has 0 spiro atoms. The van der Waals surface area contributed by atoms with Crippen LogP contribution in [0.3, 0.4) is 0 Å². The maximum absolute atomic E-state index is 12.4. The average molecular weight is 292 g/mol. The number of hydrogen-bond acceptors (Lipinski definition) is 4. The molecule has 0 saturated carbocycles. The van der Waals surface area contributed by atoms with Gasteiger partial charge in [0.25, 0.3) is 5.91 Å². The second kappa shape index (κ2) is 6.27. The van der Waals surface area contributed by atoms with Gasteiger partial charge in [-0.1, -0.05) is 18.2 Å². The molecule has 3 rings (SSSR count). The van der Waals surface area contributed by atoms with E-state index in [1.165, 1.54) is 0 Å². The molecule has 1 aliphatic heterocycles. The molecule has 0 aliphatic carbocycles. The summed E-state index contributed by atoms with van der Waals surface area (Å²) in [6.07, 6.45) is 1.58. The summed E-state index contributed by atoms with van der Waals surface area (Å²) in [4.78, 5) is 20.7. The summed E-state index contributed by atoms with van der Waals surface area (Å²) in [5, 5.41) is 8.80. The summed E-state index contributed by atoms with van der Waals surface area (Å²) >= 11 is 0. The monoisotopic (exact) mass is 292 g/mol. The zero-order chi connectivity index (χ0) is 15.4. The van der Waals surface area contributed by atoms with Crippen LogP contribution in [-0.2, 0) is 0 Å². The molecule has 0 radical (unpaired) electrons. The highest BCUT2D eigenvalue weighted by atomic mass is 16.2. The van der Waals surface area contributed by atoms with E-state index in [2.05, 4.69) is 16.0 Å². The minimum atomic E-state index is 0.0769.